The Hall–Kier alpha value is -3.33. The molecule has 2 N–H and O–H groups in total. The number of rotatable bonds is 6. The zero-order valence-electron chi connectivity index (χ0n) is 15.1. The smallest absolute Gasteiger partial charge is 0.251 e. The largest absolute Gasteiger partial charge is 0.497 e. The first-order chi connectivity index (χ1) is 13.5. The predicted molar refractivity (Wildman–Crippen MR) is 104 cm³/mol. The standard InChI is InChI=1S/C19H17FN4O3S/c1-11(21-17(26)12-6-8-14(20)9-7-12)16(25)22-19-24-23-18(28-19)13-4-3-5-15(10-13)27-2/h3-11H,1-2H3,(H,21,26)(H,22,24,25)/t11-/m0/s1. The van der Waals surface area contributed by atoms with Crippen LogP contribution in [0.25, 0.3) is 10.6 Å². The average molecular weight is 400 g/mol. The van der Waals surface area contributed by atoms with Crippen LogP contribution < -0.4 is 15.4 Å². The van der Waals surface area contributed by atoms with E-state index in [1.165, 1.54) is 35.6 Å². The minimum atomic E-state index is -0.818. The van der Waals surface area contributed by atoms with E-state index in [1.54, 1.807) is 14.0 Å². The highest BCUT2D eigenvalue weighted by atomic mass is 32.1. The maximum Gasteiger partial charge on any atom is 0.251 e. The van der Waals surface area contributed by atoms with Gasteiger partial charge in [-0.05, 0) is 43.3 Å². The van der Waals surface area contributed by atoms with Gasteiger partial charge in [-0.15, -0.1) is 10.2 Å². The SMILES string of the molecule is COc1cccc(-c2nnc(NC(=O)[C@H](C)NC(=O)c3ccc(F)cc3)s2)c1. The molecule has 1 aromatic heterocycles. The lowest BCUT2D eigenvalue weighted by Crippen LogP contribution is -2.41. The molecule has 0 aliphatic carbocycles. The van der Waals surface area contributed by atoms with Gasteiger partial charge in [0.1, 0.15) is 22.6 Å². The number of carbonyl (C=O) groups excluding carboxylic acids is 2. The van der Waals surface area contributed by atoms with Crippen LogP contribution in [-0.4, -0.2) is 35.2 Å². The molecular weight excluding hydrogens is 383 g/mol. The van der Waals surface area contributed by atoms with E-state index in [9.17, 15) is 14.0 Å². The Morgan fingerprint density at radius 3 is 2.61 bits per heavy atom. The number of nitrogens with zero attached hydrogens (tertiary/aromatic N) is 2. The zero-order valence-corrected chi connectivity index (χ0v) is 15.9. The zero-order chi connectivity index (χ0) is 20.1. The molecule has 0 saturated heterocycles. The summed E-state index contributed by atoms with van der Waals surface area (Å²) in [7, 11) is 1.58. The van der Waals surface area contributed by atoms with E-state index in [0.29, 0.717) is 15.9 Å². The summed E-state index contributed by atoms with van der Waals surface area (Å²) in [5, 5.41) is 14.1. The highest BCUT2D eigenvalue weighted by molar-refractivity contribution is 7.18. The van der Waals surface area contributed by atoms with Gasteiger partial charge in [0.05, 0.1) is 7.11 Å². The molecule has 1 atom stereocenters. The van der Waals surface area contributed by atoms with Crippen molar-refractivity contribution in [1.82, 2.24) is 15.5 Å². The first kappa shape index (κ1) is 19.4. The highest BCUT2D eigenvalue weighted by Gasteiger charge is 2.18. The molecule has 3 rings (SSSR count). The number of ether oxygens (including phenoxy) is 1. The van der Waals surface area contributed by atoms with Gasteiger partial charge >= 0.3 is 0 Å². The van der Waals surface area contributed by atoms with Crippen molar-refractivity contribution in [3.63, 3.8) is 0 Å². The molecule has 28 heavy (non-hydrogen) atoms. The molecule has 144 valence electrons. The fourth-order valence-electron chi connectivity index (χ4n) is 2.31. The summed E-state index contributed by atoms with van der Waals surface area (Å²) in [5.74, 6) is -0.665. The lowest BCUT2D eigenvalue weighted by molar-refractivity contribution is -0.117. The van der Waals surface area contributed by atoms with Crippen molar-refractivity contribution in [2.24, 2.45) is 0 Å². The Kier molecular flexibility index (Phi) is 5.95. The van der Waals surface area contributed by atoms with E-state index in [-0.39, 0.29) is 5.56 Å². The second-order valence-corrected chi connectivity index (χ2v) is 6.81. The molecule has 2 amide bonds. The molecule has 0 aliphatic rings. The molecule has 0 spiro atoms. The fraction of sp³-hybridized carbons (Fsp3) is 0.158. The topological polar surface area (TPSA) is 93.2 Å². The molecular formula is C19H17FN4O3S. The number of halogens is 1. The Morgan fingerprint density at radius 2 is 1.89 bits per heavy atom. The monoisotopic (exact) mass is 400 g/mol. The van der Waals surface area contributed by atoms with Gasteiger partial charge in [-0.2, -0.15) is 0 Å². The quantitative estimate of drug-likeness (QED) is 0.663. The Labute approximate surface area is 164 Å². The molecule has 7 nitrogen and oxygen atoms in total. The van der Waals surface area contributed by atoms with Crippen LogP contribution in [0.5, 0.6) is 5.75 Å². The van der Waals surface area contributed by atoms with Crippen LogP contribution in [0, 0.1) is 5.82 Å². The van der Waals surface area contributed by atoms with E-state index in [0.717, 1.165) is 5.56 Å². The van der Waals surface area contributed by atoms with Gasteiger partial charge in [0.15, 0.2) is 0 Å². The van der Waals surface area contributed by atoms with Crippen LogP contribution in [0.4, 0.5) is 9.52 Å². The first-order valence-electron chi connectivity index (χ1n) is 8.31. The van der Waals surface area contributed by atoms with Crippen LogP contribution in [0.2, 0.25) is 0 Å². The molecule has 0 fully saturated rings. The summed E-state index contributed by atoms with van der Waals surface area (Å²) < 4.78 is 18.1. The number of hydrogen-bond acceptors (Lipinski definition) is 6. The third-order valence-corrected chi connectivity index (χ3v) is 4.71. The van der Waals surface area contributed by atoms with Gasteiger partial charge in [0.25, 0.3) is 5.91 Å². The molecule has 3 aromatic rings. The van der Waals surface area contributed by atoms with Crippen molar-refractivity contribution in [2.45, 2.75) is 13.0 Å². The molecule has 2 aromatic carbocycles. The number of carbonyl (C=O) groups is 2. The van der Waals surface area contributed by atoms with E-state index in [1.807, 2.05) is 24.3 Å². The van der Waals surface area contributed by atoms with Gasteiger partial charge in [0.2, 0.25) is 11.0 Å². The number of nitrogens with one attached hydrogen (secondary N) is 2. The lowest BCUT2D eigenvalue weighted by atomic mass is 10.2. The van der Waals surface area contributed by atoms with Crippen LogP contribution in [0.15, 0.2) is 48.5 Å². The van der Waals surface area contributed by atoms with Crippen LogP contribution in [0.3, 0.4) is 0 Å². The summed E-state index contributed by atoms with van der Waals surface area (Å²) in [4.78, 5) is 24.4. The summed E-state index contributed by atoms with van der Waals surface area (Å²) in [6.45, 7) is 1.54. The number of hydrogen-bond donors (Lipinski definition) is 2. The van der Waals surface area contributed by atoms with E-state index >= 15 is 0 Å². The van der Waals surface area contributed by atoms with Crippen molar-refractivity contribution in [1.29, 1.82) is 0 Å². The molecule has 9 heteroatoms. The summed E-state index contributed by atoms with van der Waals surface area (Å²) in [6, 6.07) is 11.6. The van der Waals surface area contributed by atoms with Crippen molar-refractivity contribution in [3.05, 3.63) is 59.9 Å². The number of anilines is 1. The maximum atomic E-state index is 12.9. The van der Waals surface area contributed by atoms with Crippen LogP contribution >= 0.6 is 11.3 Å². The molecule has 0 aliphatic heterocycles. The van der Waals surface area contributed by atoms with Gasteiger partial charge in [-0.3, -0.25) is 14.9 Å². The first-order valence-corrected chi connectivity index (χ1v) is 9.13. The minimum absolute atomic E-state index is 0.261. The molecule has 0 bridgehead atoms. The highest BCUT2D eigenvalue weighted by Crippen LogP contribution is 2.28. The lowest BCUT2D eigenvalue weighted by Gasteiger charge is -2.12. The van der Waals surface area contributed by atoms with Crippen LogP contribution in [0.1, 0.15) is 17.3 Å². The molecule has 1 heterocycles. The van der Waals surface area contributed by atoms with Crippen molar-refractivity contribution < 1.29 is 18.7 Å². The average Bonchev–Trinajstić information content (AvgIpc) is 3.17. The van der Waals surface area contributed by atoms with Crippen molar-refractivity contribution >= 4 is 28.3 Å². The third kappa shape index (κ3) is 4.68. The second kappa shape index (κ2) is 8.57. The van der Waals surface area contributed by atoms with E-state index < -0.39 is 23.7 Å². The van der Waals surface area contributed by atoms with Crippen LogP contribution in [-0.2, 0) is 4.79 Å². The van der Waals surface area contributed by atoms with E-state index in [2.05, 4.69) is 20.8 Å². The Balaban J connectivity index is 1.62. The van der Waals surface area contributed by atoms with Crippen molar-refractivity contribution in [3.8, 4) is 16.3 Å². The minimum Gasteiger partial charge on any atom is -0.497 e. The number of aromatic nitrogens is 2. The van der Waals surface area contributed by atoms with Gasteiger partial charge in [-0.1, -0.05) is 23.5 Å². The molecule has 0 radical (unpaired) electrons. The maximum absolute atomic E-state index is 12.9. The fourth-order valence-corrected chi connectivity index (χ4v) is 3.05. The predicted octanol–water partition coefficient (Wildman–Crippen LogP) is 3.11. The molecule has 0 unspecified atom stereocenters. The van der Waals surface area contributed by atoms with Gasteiger partial charge in [0, 0.05) is 11.1 Å². The summed E-state index contributed by atoms with van der Waals surface area (Å²) in [5.41, 5.74) is 1.08. The Morgan fingerprint density at radius 1 is 1.14 bits per heavy atom. The summed E-state index contributed by atoms with van der Waals surface area (Å²) >= 11 is 1.20. The second-order valence-electron chi connectivity index (χ2n) is 5.84. The third-order valence-electron chi connectivity index (χ3n) is 3.82. The number of benzene rings is 2. The van der Waals surface area contributed by atoms with Gasteiger partial charge < -0.3 is 10.1 Å². The van der Waals surface area contributed by atoms with Crippen molar-refractivity contribution in [2.75, 3.05) is 12.4 Å². The van der Waals surface area contributed by atoms with Gasteiger partial charge in [-0.25, -0.2) is 4.39 Å². The number of methoxy groups -OCH3 is 1. The van der Waals surface area contributed by atoms with E-state index in [4.69, 9.17) is 4.74 Å². The Bertz CT molecular complexity index is 991. The summed E-state index contributed by atoms with van der Waals surface area (Å²) in [6.07, 6.45) is 0. The normalized spacial score (nSPS) is 11.5. The number of amides is 2. The molecule has 0 saturated carbocycles.